The fourth-order valence-corrected chi connectivity index (χ4v) is 4.81. The van der Waals surface area contributed by atoms with Crippen LogP contribution < -0.4 is 0 Å². The van der Waals surface area contributed by atoms with E-state index in [4.69, 9.17) is 4.74 Å². The molecule has 1 N–H and O–H groups in total. The predicted molar refractivity (Wildman–Crippen MR) is 67.8 cm³/mol. The van der Waals surface area contributed by atoms with E-state index < -0.39 is 0 Å². The molecular weight excluding hydrogens is 228 g/mol. The number of esters is 1. The number of carbonyl (C=O) groups is 1. The highest BCUT2D eigenvalue weighted by Gasteiger charge is 2.58. The van der Waals surface area contributed by atoms with Crippen molar-refractivity contribution in [2.24, 2.45) is 29.1 Å². The summed E-state index contributed by atoms with van der Waals surface area (Å²) < 4.78 is 5.68. The van der Waals surface area contributed by atoms with Crippen molar-refractivity contribution < 1.29 is 14.6 Å². The van der Waals surface area contributed by atoms with Gasteiger partial charge >= 0.3 is 5.97 Å². The van der Waals surface area contributed by atoms with Gasteiger partial charge in [-0.2, -0.15) is 0 Å². The molecule has 0 bridgehead atoms. The van der Waals surface area contributed by atoms with E-state index in [1.54, 1.807) is 0 Å². The fourth-order valence-electron chi connectivity index (χ4n) is 4.81. The molecular formula is C15H24O3. The Kier molecular flexibility index (Phi) is 2.74. The predicted octanol–water partition coefficient (Wildman–Crippen LogP) is 2.37. The Labute approximate surface area is 109 Å². The Morgan fingerprint density at radius 1 is 1.28 bits per heavy atom. The third-order valence-corrected chi connectivity index (χ3v) is 6.08. The zero-order valence-electron chi connectivity index (χ0n) is 11.6. The van der Waals surface area contributed by atoms with Crippen LogP contribution in [0.3, 0.4) is 0 Å². The highest BCUT2D eigenvalue weighted by molar-refractivity contribution is 5.75. The molecule has 3 aliphatic rings. The van der Waals surface area contributed by atoms with Gasteiger partial charge in [0.05, 0.1) is 12.0 Å². The van der Waals surface area contributed by atoms with Gasteiger partial charge in [0.1, 0.15) is 6.10 Å². The summed E-state index contributed by atoms with van der Waals surface area (Å²) in [5, 5.41) is 10.1. The van der Waals surface area contributed by atoms with E-state index >= 15 is 0 Å². The van der Waals surface area contributed by atoms with Gasteiger partial charge in [-0.1, -0.05) is 20.8 Å². The second-order valence-corrected chi connectivity index (χ2v) is 7.04. The van der Waals surface area contributed by atoms with Gasteiger partial charge in [-0.25, -0.2) is 0 Å². The van der Waals surface area contributed by atoms with E-state index in [-0.39, 0.29) is 35.4 Å². The number of ether oxygens (including phenoxy) is 1. The van der Waals surface area contributed by atoms with Gasteiger partial charge < -0.3 is 9.84 Å². The average Bonchev–Trinajstić information content (AvgIpc) is 2.60. The lowest BCUT2D eigenvalue weighted by Gasteiger charge is -2.53. The van der Waals surface area contributed by atoms with E-state index in [1.165, 1.54) is 6.42 Å². The fraction of sp³-hybridized carbons (Fsp3) is 0.933. The molecule has 102 valence electrons. The summed E-state index contributed by atoms with van der Waals surface area (Å²) in [4.78, 5) is 11.8. The molecule has 2 saturated carbocycles. The summed E-state index contributed by atoms with van der Waals surface area (Å²) in [6.45, 7) is 6.46. The second-order valence-electron chi connectivity index (χ2n) is 7.04. The minimum absolute atomic E-state index is 0.0264. The van der Waals surface area contributed by atoms with Gasteiger partial charge in [-0.15, -0.1) is 0 Å². The Bertz CT molecular complexity index is 367. The van der Waals surface area contributed by atoms with Crippen molar-refractivity contribution in [3.05, 3.63) is 0 Å². The summed E-state index contributed by atoms with van der Waals surface area (Å²) in [6, 6.07) is 0. The van der Waals surface area contributed by atoms with Gasteiger partial charge in [-0.3, -0.25) is 4.79 Å². The van der Waals surface area contributed by atoms with Crippen LogP contribution in [0.1, 0.15) is 46.5 Å². The highest BCUT2D eigenvalue weighted by Crippen LogP contribution is 2.57. The number of hydrogen-bond acceptors (Lipinski definition) is 3. The monoisotopic (exact) mass is 252 g/mol. The van der Waals surface area contributed by atoms with E-state index in [1.807, 2.05) is 6.92 Å². The molecule has 3 nitrogen and oxygen atoms in total. The molecule has 1 saturated heterocycles. The molecule has 3 fully saturated rings. The first-order chi connectivity index (χ1) is 8.44. The minimum atomic E-state index is -0.226. The van der Waals surface area contributed by atoms with E-state index in [9.17, 15) is 9.90 Å². The number of aliphatic hydroxyl groups is 1. The zero-order valence-corrected chi connectivity index (χ0v) is 11.6. The topological polar surface area (TPSA) is 46.5 Å². The number of carbonyl (C=O) groups excluding carboxylic acids is 1. The normalized spacial score (nSPS) is 55.7. The summed E-state index contributed by atoms with van der Waals surface area (Å²) in [5.41, 5.74) is 0.254. The van der Waals surface area contributed by atoms with Crippen LogP contribution in [-0.2, 0) is 9.53 Å². The molecule has 18 heavy (non-hydrogen) atoms. The Balaban J connectivity index is 1.93. The van der Waals surface area contributed by atoms with Crippen LogP contribution >= 0.6 is 0 Å². The smallest absolute Gasteiger partial charge is 0.309 e. The number of hydrogen-bond donors (Lipinski definition) is 1. The SMILES string of the molecule is C[C@H]1[C@@H]2[C@H]3OC(=O)[C@@H](C)[C@@H]3CC[C@@]2(C)CC[C@@H]1O. The van der Waals surface area contributed by atoms with Crippen molar-refractivity contribution in [1.82, 2.24) is 0 Å². The van der Waals surface area contributed by atoms with Crippen LogP contribution in [0.25, 0.3) is 0 Å². The average molecular weight is 252 g/mol. The van der Waals surface area contributed by atoms with Crippen LogP contribution in [0.4, 0.5) is 0 Å². The van der Waals surface area contributed by atoms with Crippen molar-refractivity contribution in [1.29, 1.82) is 0 Å². The third kappa shape index (κ3) is 1.56. The van der Waals surface area contributed by atoms with Crippen LogP contribution in [0, 0.1) is 29.1 Å². The molecule has 2 aliphatic carbocycles. The number of fused-ring (bicyclic) bond motifs is 3. The van der Waals surface area contributed by atoms with Gasteiger partial charge in [0, 0.05) is 11.8 Å². The minimum Gasteiger partial charge on any atom is -0.462 e. The maximum absolute atomic E-state index is 11.8. The van der Waals surface area contributed by atoms with Crippen LogP contribution in [0.5, 0.6) is 0 Å². The van der Waals surface area contributed by atoms with Gasteiger partial charge in [0.25, 0.3) is 0 Å². The lowest BCUT2D eigenvalue weighted by Crippen LogP contribution is -2.53. The van der Waals surface area contributed by atoms with Crippen molar-refractivity contribution in [2.75, 3.05) is 0 Å². The Morgan fingerprint density at radius 2 is 1.94 bits per heavy atom. The number of aliphatic hydroxyl groups excluding tert-OH is 1. The first kappa shape index (κ1) is 12.5. The molecule has 3 heteroatoms. The van der Waals surface area contributed by atoms with Crippen molar-refractivity contribution >= 4 is 5.97 Å². The quantitative estimate of drug-likeness (QED) is 0.673. The maximum Gasteiger partial charge on any atom is 0.309 e. The molecule has 0 radical (unpaired) electrons. The molecule has 1 aliphatic heterocycles. The van der Waals surface area contributed by atoms with Crippen molar-refractivity contribution in [3.8, 4) is 0 Å². The zero-order chi connectivity index (χ0) is 13.1. The van der Waals surface area contributed by atoms with Crippen molar-refractivity contribution in [2.45, 2.75) is 58.7 Å². The van der Waals surface area contributed by atoms with Crippen molar-refractivity contribution in [3.63, 3.8) is 0 Å². The summed E-state index contributed by atoms with van der Waals surface area (Å²) >= 11 is 0. The molecule has 0 aromatic carbocycles. The standard InChI is InChI=1S/C15H24O3/c1-8-10-4-6-15(3)7-5-11(16)9(2)12(15)13(10)18-14(8)17/h8-13,16H,4-7H2,1-3H3/t8-,9+,10-,11-,12+,13-,15-/m0/s1. The largest absolute Gasteiger partial charge is 0.462 e. The Morgan fingerprint density at radius 3 is 2.67 bits per heavy atom. The van der Waals surface area contributed by atoms with Crippen LogP contribution in [0.15, 0.2) is 0 Å². The second kappa shape index (κ2) is 3.96. The molecule has 3 rings (SSSR count). The van der Waals surface area contributed by atoms with E-state index in [0.29, 0.717) is 11.8 Å². The molecule has 1 heterocycles. The molecule has 0 amide bonds. The first-order valence-electron chi connectivity index (χ1n) is 7.32. The summed E-state index contributed by atoms with van der Waals surface area (Å²) in [5.74, 6) is 0.985. The lowest BCUT2D eigenvalue weighted by molar-refractivity contribution is -0.159. The third-order valence-electron chi connectivity index (χ3n) is 6.08. The molecule has 0 spiro atoms. The molecule has 7 atom stereocenters. The highest BCUT2D eigenvalue weighted by atomic mass is 16.6. The summed E-state index contributed by atoms with van der Waals surface area (Å²) in [6.07, 6.45) is 4.07. The van der Waals surface area contributed by atoms with Crippen LogP contribution in [-0.4, -0.2) is 23.3 Å². The van der Waals surface area contributed by atoms with Gasteiger partial charge in [-0.05, 0) is 37.0 Å². The maximum atomic E-state index is 11.8. The summed E-state index contributed by atoms with van der Waals surface area (Å²) in [7, 11) is 0. The molecule has 0 aromatic rings. The van der Waals surface area contributed by atoms with Crippen LogP contribution in [0.2, 0.25) is 0 Å². The van der Waals surface area contributed by atoms with Gasteiger partial charge in [0.2, 0.25) is 0 Å². The van der Waals surface area contributed by atoms with E-state index in [0.717, 1.165) is 19.3 Å². The molecule has 0 aromatic heterocycles. The Hall–Kier alpha value is -0.570. The lowest BCUT2D eigenvalue weighted by atomic mass is 9.53. The first-order valence-corrected chi connectivity index (χ1v) is 7.32. The van der Waals surface area contributed by atoms with E-state index in [2.05, 4.69) is 13.8 Å². The number of rotatable bonds is 0. The van der Waals surface area contributed by atoms with Gasteiger partial charge in [0.15, 0.2) is 0 Å². The molecule has 0 unspecified atom stereocenters.